The topological polar surface area (TPSA) is 92.8 Å². The average Bonchev–Trinajstić information content (AvgIpc) is 2.78. The minimum atomic E-state index is -3.72. The van der Waals surface area contributed by atoms with Crippen molar-refractivity contribution < 1.29 is 22.7 Å². The van der Waals surface area contributed by atoms with Crippen molar-refractivity contribution in [2.24, 2.45) is 5.41 Å². The standard InChI is InChI=1S/C19H20N2O5S/c1-19(2)12-27(24,25)21(18(19)23)14-10-8-13(9-11-14)17(22)20-15-6-4-5-7-16(15)26-3/h4-11H,12H2,1-3H3,(H,20,22). The number of carbonyl (C=O) groups excluding carboxylic acids is 2. The van der Waals surface area contributed by atoms with Gasteiger partial charge in [0.05, 0.1) is 29.7 Å². The van der Waals surface area contributed by atoms with Crippen molar-refractivity contribution in [2.75, 3.05) is 22.5 Å². The Morgan fingerprint density at radius 3 is 2.30 bits per heavy atom. The summed E-state index contributed by atoms with van der Waals surface area (Å²) in [5.41, 5.74) is 0.0964. The van der Waals surface area contributed by atoms with Gasteiger partial charge < -0.3 is 10.1 Å². The van der Waals surface area contributed by atoms with Crippen LogP contribution in [0.4, 0.5) is 11.4 Å². The molecule has 1 heterocycles. The van der Waals surface area contributed by atoms with E-state index < -0.39 is 21.3 Å². The minimum Gasteiger partial charge on any atom is -0.495 e. The second-order valence-electron chi connectivity index (χ2n) is 6.91. The molecule has 0 atom stereocenters. The number of carbonyl (C=O) groups is 2. The lowest BCUT2D eigenvalue weighted by molar-refractivity contribution is -0.123. The van der Waals surface area contributed by atoms with Crippen LogP contribution in [0.3, 0.4) is 0 Å². The highest BCUT2D eigenvalue weighted by Gasteiger charge is 2.49. The van der Waals surface area contributed by atoms with Crippen LogP contribution >= 0.6 is 0 Å². The largest absolute Gasteiger partial charge is 0.495 e. The van der Waals surface area contributed by atoms with Gasteiger partial charge in [0.15, 0.2) is 0 Å². The van der Waals surface area contributed by atoms with Crippen LogP contribution in [-0.4, -0.2) is 33.1 Å². The predicted molar refractivity (Wildman–Crippen MR) is 102 cm³/mol. The number of ether oxygens (including phenoxy) is 1. The molecule has 2 amide bonds. The van der Waals surface area contributed by atoms with E-state index in [9.17, 15) is 18.0 Å². The molecule has 1 saturated heterocycles. The summed E-state index contributed by atoms with van der Waals surface area (Å²) in [4.78, 5) is 24.9. The first-order chi connectivity index (χ1) is 12.7. The first kappa shape index (κ1) is 18.9. The molecule has 0 aromatic heterocycles. The summed E-state index contributed by atoms with van der Waals surface area (Å²) >= 11 is 0. The second-order valence-corrected chi connectivity index (χ2v) is 8.73. The van der Waals surface area contributed by atoms with E-state index >= 15 is 0 Å². The monoisotopic (exact) mass is 388 g/mol. The van der Waals surface area contributed by atoms with Gasteiger partial charge in [0.2, 0.25) is 15.9 Å². The number of benzene rings is 2. The lowest BCUT2D eigenvalue weighted by Gasteiger charge is -2.17. The zero-order valence-corrected chi connectivity index (χ0v) is 16.0. The Hall–Kier alpha value is -2.87. The van der Waals surface area contributed by atoms with Crippen LogP contribution in [0.5, 0.6) is 5.75 Å². The molecule has 8 heteroatoms. The van der Waals surface area contributed by atoms with Gasteiger partial charge in [-0.25, -0.2) is 12.7 Å². The summed E-state index contributed by atoms with van der Waals surface area (Å²) < 4.78 is 30.7. The van der Waals surface area contributed by atoms with E-state index in [1.165, 1.54) is 31.4 Å². The van der Waals surface area contributed by atoms with Crippen molar-refractivity contribution in [3.63, 3.8) is 0 Å². The molecular weight excluding hydrogens is 368 g/mol. The number of hydrogen-bond donors (Lipinski definition) is 1. The first-order valence-electron chi connectivity index (χ1n) is 8.27. The van der Waals surface area contributed by atoms with Crippen molar-refractivity contribution in [2.45, 2.75) is 13.8 Å². The van der Waals surface area contributed by atoms with E-state index in [1.54, 1.807) is 38.1 Å². The van der Waals surface area contributed by atoms with Crippen molar-refractivity contribution in [3.05, 3.63) is 54.1 Å². The molecule has 1 aliphatic heterocycles. The normalized spacial score (nSPS) is 17.6. The summed E-state index contributed by atoms with van der Waals surface area (Å²) in [6.07, 6.45) is 0. The third-order valence-electron chi connectivity index (χ3n) is 4.30. The van der Waals surface area contributed by atoms with Crippen LogP contribution in [0, 0.1) is 5.41 Å². The van der Waals surface area contributed by atoms with Crippen LogP contribution in [0.1, 0.15) is 24.2 Å². The van der Waals surface area contributed by atoms with Crippen LogP contribution in [-0.2, 0) is 14.8 Å². The van der Waals surface area contributed by atoms with Gasteiger partial charge in [0.25, 0.3) is 5.91 Å². The molecule has 0 spiro atoms. The molecular formula is C19H20N2O5S. The Balaban J connectivity index is 1.83. The Labute approximate surface area is 158 Å². The summed E-state index contributed by atoms with van der Waals surface area (Å²) in [6, 6.07) is 12.9. The van der Waals surface area contributed by atoms with E-state index in [0.717, 1.165) is 4.31 Å². The van der Waals surface area contributed by atoms with E-state index in [1.807, 2.05) is 0 Å². The van der Waals surface area contributed by atoms with Gasteiger partial charge in [-0.2, -0.15) is 0 Å². The number of nitrogens with zero attached hydrogens (tertiary/aromatic N) is 1. The fourth-order valence-electron chi connectivity index (χ4n) is 2.95. The van der Waals surface area contributed by atoms with E-state index in [0.29, 0.717) is 17.0 Å². The molecule has 1 fully saturated rings. The van der Waals surface area contributed by atoms with Gasteiger partial charge in [-0.15, -0.1) is 0 Å². The lowest BCUT2D eigenvalue weighted by atomic mass is 9.95. The smallest absolute Gasteiger partial charge is 0.255 e. The van der Waals surface area contributed by atoms with Gasteiger partial charge in [-0.05, 0) is 50.2 Å². The van der Waals surface area contributed by atoms with Crippen LogP contribution in [0.15, 0.2) is 48.5 Å². The maximum atomic E-state index is 12.4. The Kier molecular flexibility index (Phi) is 4.69. The summed E-state index contributed by atoms with van der Waals surface area (Å²) in [6.45, 7) is 3.20. The number of sulfonamides is 1. The van der Waals surface area contributed by atoms with Crippen molar-refractivity contribution in [1.82, 2.24) is 0 Å². The summed E-state index contributed by atoms with van der Waals surface area (Å²) in [5, 5.41) is 2.74. The number of rotatable bonds is 4. The van der Waals surface area contributed by atoms with Gasteiger partial charge in [-0.1, -0.05) is 12.1 Å². The Bertz CT molecular complexity index is 997. The van der Waals surface area contributed by atoms with Crippen molar-refractivity contribution in [1.29, 1.82) is 0 Å². The highest BCUT2D eigenvalue weighted by Crippen LogP contribution is 2.35. The highest BCUT2D eigenvalue weighted by atomic mass is 32.2. The molecule has 2 aromatic rings. The SMILES string of the molecule is COc1ccccc1NC(=O)c1ccc(N2C(=O)C(C)(C)CS2(=O)=O)cc1. The summed E-state index contributed by atoms with van der Waals surface area (Å²) in [5.74, 6) is -0.566. The summed E-state index contributed by atoms with van der Waals surface area (Å²) in [7, 11) is -2.21. The maximum absolute atomic E-state index is 12.4. The molecule has 3 rings (SSSR count). The fourth-order valence-corrected chi connectivity index (χ4v) is 5.06. The number of anilines is 2. The number of amides is 2. The van der Waals surface area contributed by atoms with Crippen LogP contribution in [0.2, 0.25) is 0 Å². The average molecular weight is 388 g/mol. The molecule has 0 bridgehead atoms. The molecule has 0 aliphatic carbocycles. The maximum Gasteiger partial charge on any atom is 0.255 e. The Morgan fingerprint density at radius 1 is 1.11 bits per heavy atom. The molecule has 2 aromatic carbocycles. The molecule has 7 nitrogen and oxygen atoms in total. The first-order valence-corrected chi connectivity index (χ1v) is 9.88. The number of nitrogens with one attached hydrogen (secondary N) is 1. The van der Waals surface area contributed by atoms with E-state index in [2.05, 4.69) is 5.32 Å². The van der Waals surface area contributed by atoms with Gasteiger partial charge in [-0.3, -0.25) is 9.59 Å². The molecule has 27 heavy (non-hydrogen) atoms. The van der Waals surface area contributed by atoms with Crippen LogP contribution < -0.4 is 14.4 Å². The zero-order chi connectivity index (χ0) is 19.8. The number of methoxy groups -OCH3 is 1. The lowest BCUT2D eigenvalue weighted by Crippen LogP contribution is -2.32. The predicted octanol–water partition coefficient (Wildman–Crippen LogP) is 2.65. The Morgan fingerprint density at radius 2 is 1.74 bits per heavy atom. The van der Waals surface area contributed by atoms with Crippen LogP contribution in [0.25, 0.3) is 0 Å². The van der Waals surface area contributed by atoms with Gasteiger partial charge in [0, 0.05) is 5.56 Å². The fraction of sp³-hybridized carbons (Fsp3) is 0.263. The third kappa shape index (κ3) is 3.52. The van der Waals surface area contributed by atoms with Crippen molar-refractivity contribution >= 4 is 33.2 Å². The zero-order valence-electron chi connectivity index (χ0n) is 15.2. The second kappa shape index (κ2) is 6.70. The van der Waals surface area contributed by atoms with E-state index in [-0.39, 0.29) is 17.3 Å². The molecule has 0 radical (unpaired) electrons. The molecule has 1 aliphatic rings. The number of hydrogen-bond acceptors (Lipinski definition) is 5. The van der Waals surface area contributed by atoms with Gasteiger partial charge >= 0.3 is 0 Å². The molecule has 0 unspecified atom stereocenters. The molecule has 0 saturated carbocycles. The number of para-hydroxylation sites is 2. The molecule has 142 valence electrons. The van der Waals surface area contributed by atoms with Gasteiger partial charge in [0.1, 0.15) is 5.75 Å². The third-order valence-corrected chi connectivity index (χ3v) is 6.32. The minimum absolute atomic E-state index is 0.222. The highest BCUT2D eigenvalue weighted by molar-refractivity contribution is 7.94. The molecule has 1 N–H and O–H groups in total. The van der Waals surface area contributed by atoms with E-state index in [4.69, 9.17) is 4.74 Å². The quantitative estimate of drug-likeness (QED) is 0.869. The van der Waals surface area contributed by atoms with Crippen molar-refractivity contribution in [3.8, 4) is 5.75 Å².